The van der Waals surface area contributed by atoms with Gasteiger partial charge in [-0.2, -0.15) is 0 Å². The third-order valence-corrected chi connectivity index (χ3v) is 5.12. The molecule has 0 spiro atoms. The summed E-state index contributed by atoms with van der Waals surface area (Å²) in [4.78, 5) is 2.92. The van der Waals surface area contributed by atoms with Crippen LogP contribution in [0.4, 0.5) is 17.1 Å². The van der Waals surface area contributed by atoms with E-state index in [0.29, 0.717) is 0 Å². The van der Waals surface area contributed by atoms with Crippen molar-refractivity contribution < 1.29 is 5.11 Å². The van der Waals surface area contributed by atoms with Gasteiger partial charge in [0.15, 0.2) is 5.88 Å². The number of aromatic amines is 1. The van der Waals surface area contributed by atoms with Crippen LogP contribution in [0, 0.1) is 13.8 Å². The fourth-order valence-electron chi connectivity index (χ4n) is 3.14. The Labute approximate surface area is 149 Å². The summed E-state index contributed by atoms with van der Waals surface area (Å²) in [6, 6.07) is 12.3. The van der Waals surface area contributed by atoms with E-state index >= 15 is 0 Å². The van der Waals surface area contributed by atoms with E-state index in [2.05, 4.69) is 69.7 Å². The van der Waals surface area contributed by atoms with Gasteiger partial charge in [-0.15, -0.1) is 0 Å². The largest absolute Gasteiger partial charge is 0.494 e. The van der Waals surface area contributed by atoms with Crippen LogP contribution in [0.25, 0.3) is 0 Å². The lowest BCUT2D eigenvalue weighted by Gasteiger charge is -2.20. The maximum absolute atomic E-state index is 10.4. The second-order valence-corrected chi connectivity index (χ2v) is 7.12. The molecule has 0 radical (unpaired) electrons. The van der Waals surface area contributed by atoms with Crippen LogP contribution >= 0.6 is 15.9 Å². The van der Waals surface area contributed by atoms with Gasteiger partial charge in [0, 0.05) is 10.7 Å². The minimum absolute atomic E-state index is 0.143. The standard InChI is InChI=1S/C19H18BrN3O/c1-10-7-14-15(8-11(10)2)23-18(12-3-5-13(20)6-4-12)17-16(22-14)9-21-19(17)24/h3-9,18,21-24H,1-2H3. The summed E-state index contributed by atoms with van der Waals surface area (Å²) < 4.78 is 1.03. The Bertz CT molecular complexity index is 915. The topological polar surface area (TPSA) is 60.1 Å². The van der Waals surface area contributed by atoms with Crippen molar-refractivity contribution in [2.45, 2.75) is 19.9 Å². The van der Waals surface area contributed by atoms with Crippen LogP contribution in [0.3, 0.4) is 0 Å². The smallest absolute Gasteiger partial charge is 0.196 e. The third kappa shape index (κ3) is 2.45. The Kier molecular flexibility index (Phi) is 3.53. The van der Waals surface area contributed by atoms with Crippen molar-refractivity contribution in [3.8, 4) is 5.88 Å². The van der Waals surface area contributed by atoms with E-state index in [4.69, 9.17) is 0 Å². The zero-order chi connectivity index (χ0) is 16.8. The van der Waals surface area contributed by atoms with Crippen molar-refractivity contribution in [3.63, 3.8) is 0 Å². The van der Waals surface area contributed by atoms with Gasteiger partial charge in [0.05, 0.1) is 28.7 Å². The minimum atomic E-state index is -0.143. The fourth-order valence-corrected chi connectivity index (χ4v) is 3.40. The number of fused-ring (bicyclic) bond motifs is 2. The lowest BCUT2D eigenvalue weighted by atomic mass is 9.99. The summed E-state index contributed by atoms with van der Waals surface area (Å²) in [7, 11) is 0. The summed E-state index contributed by atoms with van der Waals surface area (Å²) in [6.45, 7) is 4.21. The Morgan fingerprint density at radius 3 is 2.33 bits per heavy atom. The average molecular weight is 384 g/mol. The van der Waals surface area contributed by atoms with E-state index in [9.17, 15) is 5.11 Å². The summed E-state index contributed by atoms with van der Waals surface area (Å²) >= 11 is 3.48. The molecule has 0 fully saturated rings. The molecule has 1 atom stereocenters. The quantitative estimate of drug-likeness (QED) is 0.457. The average Bonchev–Trinajstić information content (AvgIpc) is 2.82. The predicted octanol–water partition coefficient (Wildman–Crippen LogP) is 5.36. The molecule has 1 unspecified atom stereocenters. The van der Waals surface area contributed by atoms with E-state index in [-0.39, 0.29) is 11.9 Å². The first-order valence-corrected chi connectivity index (χ1v) is 8.63. The fraction of sp³-hybridized carbons (Fsp3) is 0.158. The van der Waals surface area contributed by atoms with Crippen LogP contribution in [0.1, 0.15) is 28.3 Å². The first kappa shape index (κ1) is 15.1. The van der Waals surface area contributed by atoms with Gasteiger partial charge < -0.3 is 20.7 Å². The molecule has 4 N–H and O–H groups in total. The van der Waals surface area contributed by atoms with Crippen molar-refractivity contribution in [1.29, 1.82) is 0 Å². The van der Waals surface area contributed by atoms with Gasteiger partial charge in [0.2, 0.25) is 0 Å². The number of hydrogen-bond donors (Lipinski definition) is 4. The SMILES string of the molecule is Cc1cc2c(cc1C)NC(c1ccc(Br)cc1)c1c(c[nH]c1O)N2. The molecule has 24 heavy (non-hydrogen) atoms. The van der Waals surface area contributed by atoms with E-state index in [0.717, 1.165) is 32.7 Å². The van der Waals surface area contributed by atoms with E-state index in [1.807, 2.05) is 18.3 Å². The van der Waals surface area contributed by atoms with Gasteiger partial charge in [0.1, 0.15) is 0 Å². The zero-order valence-corrected chi connectivity index (χ0v) is 15.0. The van der Waals surface area contributed by atoms with Gasteiger partial charge in [-0.3, -0.25) is 0 Å². The van der Waals surface area contributed by atoms with Crippen LogP contribution in [0.5, 0.6) is 5.88 Å². The van der Waals surface area contributed by atoms with E-state index in [1.165, 1.54) is 11.1 Å². The van der Waals surface area contributed by atoms with Gasteiger partial charge in [-0.1, -0.05) is 28.1 Å². The molecule has 2 heterocycles. The number of benzene rings is 2. The van der Waals surface area contributed by atoms with Gasteiger partial charge in [0.25, 0.3) is 0 Å². The summed E-state index contributed by atoms with van der Waals surface area (Å²) in [5.74, 6) is 0.180. The van der Waals surface area contributed by atoms with Crippen LogP contribution in [-0.2, 0) is 0 Å². The highest BCUT2D eigenvalue weighted by Crippen LogP contribution is 2.44. The molecule has 122 valence electrons. The maximum Gasteiger partial charge on any atom is 0.196 e. The Hall–Kier alpha value is -2.40. The van der Waals surface area contributed by atoms with E-state index < -0.39 is 0 Å². The lowest BCUT2D eigenvalue weighted by Crippen LogP contribution is -2.11. The number of hydrogen-bond acceptors (Lipinski definition) is 3. The van der Waals surface area contributed by atoms with Crippen LogP contribution in [0.15, 0.2) is 47.1 Å². The molecule has 0 saturated heterocycles. The summed E-state index contributed by atoms with van der Waals surface area (Å²) in [5, 5.41) is 17.4. The number of aromatic hydroxyl groups is 1. The van der Waals surface area contributed by atoms with Crippen molar-refractivity contribution >= 4 is 33.0 Å². The summed E-state index contributed by atoms with van der Waals surface area (Å²) in [6.07, 6.45) is 1.81. The Balaban J connectivity index is 1.90. The molecule has 0 aliphatic carbocycles. The first-order valence-electron chi connectivity index (χ1n) is 7.83. The molecule has 4 nitrogen and oxygen atoms in total. The number of anilines is 3. The lowest BCUT2D eigenvalue weighted by molar-refractivity contribution is 0.449. The molecule has 1 aliphatic rings. The molecule has 0 saturated carbocycles. The highest BCUT2D eigenvalue weighted by Gasteiger charge is 2.27. The number of aryl methyl sites for hydroxylation is 2. The molecule has 5 heteroatoms. The van der Waals surface area contributed by atoms with Gasteiger partial charge in [-0.25, -0.2) is 0 Å². The number of nitrogens with one attached hydrogen (secondary N) is 3. The van der Waals surface area contributed by atoms with Crippen LogP contribution < -0.4 is 10.6 Å². The van der Waals surface area contributed by atoms with Gasteiger partial charge >= 0.3 is 0 Å². The molecular formula is C19H18BrN3O. The third-order valence-electron chi connectivity index (χ3n) is 4.59. The molecule has 2 aromatic carbocycles. The minimum Gasteiger partial charge on any atom is -0.494 e. The Morgan fingerprint density at radius 2 is 1.62 bits per heavy atom. The maximum atomic E-state index is 10.4. The molecular weight excluding hydrogens is 366 g/mol. The number of halogens is 1. The van der Waals surface area contributed by atoms with Crippen LogP contribution in [-0.4, -0.2) is 10.1 Å². The highest BCUT2D eigenvalue weighted by atomic mass is 79.9. The molecule has 3 aromatic rings. The van der Waals surface area contributed by atoms with Crippen LogP contribution in [0.2, 0.25) is 0 Å². The number of aromatic nitrogens is 1. The second kappa shape index (κ2) is 5.60. The normalized spacial score (nSPS) is 15.7. The molecule has 0 amide bonds. The molecule has 4 rings (SSSR count). The molecule has 0 bridgehead atoms. The zero-order valence-electron chi connectivity index (χ0n) is 13.4. The Morgan fingerprint density at radius 1 is 0.958 bits per heavy atom. The van der Waals surface area contributed by atoms with Gasteiger partial charge in [-0.05, 0) is 54.8 Å². The van der Waals surface area contributed by atoms with E-state index in [1.54, 1.807) is 0 Å². The number of H-pyrrole nitrogens is 1. The van der Waals surface area contributed by atoms with Crippen molar-refractivity contribution in [1.82, 2.24) is 4.98 Å². The highest BCUT2D eigenvalue weighted by molar-refractivity contribution is 9.10. The summed E-state index contributed by atoms with van der Waals surface area (Å²) in [5.41, 5.74) is 7.29. The predicted molar refractivity (Wildman–Crippen MR) is 101 cm³/mol. The molecule has 1 aromatic heterocycles. The van der Waals surface area contributed by atoms with Crippen molar-refractivity contribution in [3.05, 3.63) is 69.3 Å². The molecule has 1 aliphatic heterocycles. The van der Waals surface area contributed by atoms with Crippen molar-refractivity contribution in [2.75, 3.05) is 10.6 Å². The number of rotatable bonds is 1. The first-order chi connectivity index (χ1) is 11.5. The monoisotopic (exact) mass is 383 g/mol. The second-order valence-electron chi connectivity index (χ2n) is 6.20. The van der Waals surface area contributed by atoms with Crippen molar-refractivity contribution in [2.24, 2.45) is 0 Å².